The summed E-state index contributed by atoms with van der Waals surface area (Å²) in [6.07, 6.45) is -6.52. The number of phenolic OH excluding ortho intramolecular Hbond substituents is 1. The zero-order chi connectivity index (χ0) is 26.1. The Morgan fingerprint density at radius 1 is 0.917 bits per heavy atom. The van der Waals surface area contributed by atoms with Crippen LogP contribution in [0.2, 0.25) is 0 Å². The Morgan fingerprint density at radius 3 is 2.28 bits per heavy atom. The largest absolute Gasteiger partial charge is 0.504 e. The lowest BCUT2D eigenvalue weighted by Crippen LogP contribution is -2.60. The van der Waals surface area contributed by atoms with Gasteiger partial charge < -0.3 is 53.6 Å². The summed E-state index contributed by atoms with van der Waals surface area (Å²) in [5.41, 5.74) is -0.0625. The van der Waals surface area contributed by atoms with Gasteiger partial charge in [0.1, 0.15) is 41.6 Å². The zero-order valence-corrected chi connectivity index (χ0v) is 19.6. The maximum absolute atomic E-state index is 13.3. The molecule has 0 bridgehead atoms. The lowest BCUT2D eigenvalue weighted by molar-refractivity contribution is -0.277. The van der Waals surface area contributed by atoms with Gasteiger partial charge in [-0.15, -0.1) is 0 Å². The first-order valence-corrected chi connectivity index (χ1v) is 10.8. The molecular weight excluding hydrogens is 480 g/mol. The van der Waals surface area contributed by atoms with E-state index in [1.807, 2.05) is 0 Å². The first-order valence-electron chi connectivity index (χ1n) is 10.8. The molecule has 36 heavy (non-hydrogen) atoms. The van der Waals surface area contributed by atoms with Gasteiger partial charge in [-0.25, -0.2) is 0 Å². The van der Waals surface area contributed by atoms with Gasteiger partial charge >= 0.3 is 0 Å². The van der Waals surface area contributed by atoms with Gasteiger partial charge in [-0.3, -0.25) is 4.79 Å². The van der Waals surface area contributed by atoms with Gasteiger partial charge in [0.25, 0.3) is 0 Å². The highest BCUT2D eigenvalue weighted by Gasteiger charge is 2.45. The van der Waals surface area contributed by atoms with Gasteiger partial charge in [0, 0.05) is 6.07 Å². The van der Waals surface area contributed by atoms with Crippen molar-refractivity contribution in [1.82, 2.24) is 0 Å². The third-order valence-corrected chi connectivity index (χ3v) is 5.95. The molecule has 3 aromatic rings. The van der Waals surface area contributed by atoms with Crippen LogP contribution in [-0.4, -0.2) is 84.2 Å². The van der Waals surface area contributed by atoms with Crippen molar-refractivity contribution < 1.29 is 53.6 Å². The molecule has 5 unspecified atom stereocenters. The van der Waals surface area contributed by atoms with E-state index in [1.165, 1.54) is 33.7 Å². The minimum absolute atomic E-state index is 0.0675. The lowest BCUT2D eigenvalue weighted by Gasteiger charge is -2.39. The summed E-state index contributed by atoms with van der Waals surface area (Å²) in [5, 5.41) is 50.4. The van der Waals surface area contributed by atoms with E-state index in [9.17, 15) is 30.3 Å². The predicted octanol–water partition coefficient (Wildman–Crippen LogP) is 0.370. The highest BCUT2D eigenvalue weighted by molar-refractivity contribution is 5.91. The molecule has 2 aromatic carbocycles. The summed E-state index contributed by atoms with van der Waals surface area (Å²) >= 11 is 0. The molecule has 0 saturated carbocycles. The Hall–Kier alpha value is -3.55. The molecular formula is C24H26O12. The summed E-state index contributed by atoms with van der Waals surface area (Å²) < 4.78 is 32.3. The van der Waals surface area contributed by atoms with Gasteiger partial charge in [0.15, 0.2) is 23.0 Å². The quantitative estimate of drug-likeness (QED) is 0.298. The molecule has 0 aliphatic carbocycles. The van der Waals surface area contributed by atoms with E-state index in [4.69, 9.17) is 28.1 Å². The molecule has 5 atom stereocenters. The van der Waals surface area contributed by atoms with Crippen LogP contribution in [0.3, 0.4) is 0 Å². The summed E-state index contributed by atoms with van der Waals surface area (Å²) in [5.74, 6) is -0.193. The van der Waals surface area contributed by atoms with Crippen LogP contribution in [0.4, 0.5) is 0 Å². The van der Waals surface area contributed by atoms with E-state index >= 15 is 0 Å². The fourth-order valence-electron chi connectivity index (χ4n) is 4.00. The van der Waals surface area contributed by atoms with Crippen molar-refractivity contribution in [2.75, 3.05) is 27.9 Å². The Balaban J connectivity index is 1.78. The molecule has 0 amide bonds. The van der Waals surface area contributed by atoms with Crippen molar-refractivity contribution in [1.29, 1.82) is 0 Å². The van der Waals surface area contributed by atoms with E-state index in [2.05, 4.69) is 0 Å². The van der Waals surface area contributed by atoms with Crippen LogP contribution in [0.1, 0.15) is 0 Å². The summed E-state index contributed by atoms with van der Waals surface area (Å²) in [6, 6.07) is 6.08. The van der Waals surface area contributed by atoms with E-state index < -0.39 is 48.5 Å². The van der Waals surface area contributed by atoms with Crippen LogP contribution < -0.4 is 24.4 Å². The predicted molar refractivity (Wildman–Crippen MR) is 124 cm³/mol. The maximum atomic E-state index is 13.3. The monoisotopic (exact) mass is 506 g/mol. The molecule has 194 valence electrons. The van der Waals surface area contributed by atoms with Crippen molar-refractivity contribution in [3.8, 4) is 39.9 Å². The molecule has 12 nitrogen and oxygen atoms in total. The fraction of sp³-hybridized carbons (Fsp3) is 0.375. The minimum atomic E-state index is -1.70. The van der Waals surface area contributed by atoms with Crippen LogP contribution in [0.25, 0.3) is 22.1 Å². The van der Waals surface area contributed by atoms with Crippen LogP contribution in [0, 0.1) is 0 Å². The standard InChI is InChI=1S/C24H26O12/c1-31-12-5-4-10(6-13(12)32-2)11-9-34-14-7-15(23(33-3)20(28)17(14)18(11)26)35-24-22(30)21(29)19(27)16(8-25)36-24/h4-7,9,16,19,21-22,24-25,27-30H,8H2,1-3H3. The van der Waals surface area contributed by atoms with Crippen molar-refractivity contribution >= 4 is 11.0 Å². The number of hydrogen-bond acceptors (Lipinski definition) is 12. The number of fused-ring (bicyclic) bond motifs is 1. The number of benzene rings is 2. The minimum Gasteiger partial charge on any atom is -0.504 e. The topological polar surface area (TPSA) is 178 Å². The molecule has 0 spiro atoms. The van der Waals surface area contributed by atoms with Gasteiger partial charge in [-0.1, -0.05) is 6.07 Å². The van der Waals surface area contributed by atoms with Gasteiger partial charge in [-0.05, 0) is 17.7 Å². The molecule has 0 radical (unpaired) electrons. The van der Waals surface area contributed by atoms with Crippen LogP contribution >= 0.6 is 0 Å². The summed E-state index contributed by atoms with van der Waals surface area (Å²) in [7, 11) is 4.16. The van der Waals surface area contributed by atoms with Gasteiger partial charge in [0.05, 0.1) is 33.5 Å². The molecule has 1 aliphatic rings. The molecule has 2 heterocycles. The molecule has 1 aromatic heterocycles. The third kappa shape index (κ3) is 4.29. The second-order valence-corrected chi connectivity index (χ2v) is 7.99. The van der Waals surface area contributed by atoms with Crippen molar-refractivity contribution in [3.05, 3.63) is 40.8 Å². The Morgan fingerprint density at radius 2 is 1.64 bits per heavy atom. The fourth-order valence-corrected chi connectivity index (χ4v) is 4.00. The number of aliphatic hydroxyl groups is 4. The second-order valence-electron chi connectivity index (χ2n) is 7.99. The molecule has 1 fully saturated rings. The van der Waals surface area contributed by atoms with Crippen LogP contribution in [0.15, 0.2) is 39.7 Å². The van der Waals surface area contributed by atoms with E-state index in [-0.39, 0.29) is 28.0 Å². The van der Waals surface area contributed by atoms with Crippen molar-refractivity contribution in [3.63, 3.8) is 0 Å². The normalized spacial score (nSPS) is 23.9. The van der Waals surface area contributed by atoms with E-state index in [0.29, 0.717) is 17.1 Å². The maximum Gasteiger partial charge on any atom is 0.229 e. The molecule has 1 aliphatic heterocycles. The Labute approximate surface area is 204 Å². The number of methoxy groups -OCH3 is 3. The van der Waals surface area contributed by atoms with Crippen LogP contribution in [0.5, 0.6) is 28.7 Å². The molecule has 12 heteroatoms. The van der Waals surface area contributed by atoms with E-state index in [0.717, 1.165) is 0 Å². The molecule has 4 rings (SSSR count). The number of rotatable bonds is 7. The third-order valence-electron chi connectivity index (χ3n) is 5.95. The van der Waals surface area contributed by atoms with Gasteiger partial charge in [-0.2, -0.15) is 0 Å². The average Bonchev–Trinajstić information content (AvgIpc) is 2.88. The average molecular weight is 506 g/mol. The first kappa shape index (κ1) is 25.5. The zero-order valence-electron chi connectivity index (χ0n) is 19.6. The van der Waals surface area contributed by atoms with Crippen molar-refractivity contribution in [2.24, 2.45) is 0 Å². The molecule has 5 N–H and O–H groups in total. The SMILES string of the molecule is COc1ccc(-c2coc3cc(OC4OC(CO)C(O)C(O)C4O)c(OC)c(O)c3c2=O)cc1OC. The van der Waals surface area contributed by atoms with Gasteiger partial charge in [0.2, 0.25) is 17.5 Å². The summed E-state index contributed by atoms with van der Waals surface area (Å²) in [4.78, 5) is 13.3. The lowest BCUT2D eigenvalue weighted by atomic mass is 9.99. The Kier molecular flexibility index (Phi) is 7.24. The number of aromatic hydroxyl groups is 1. The highest BCUT2D eigenvalue weighted by Crippen LogP contribution is 2.43. The highest BCUT2D eigenvalue weighted by atomic mass is 16.7. The Bertz CT molecular complexity index is 1300. The number of hydrogen-bond donors (Lipinski definition) is 5. The van der Waals surface area contributed by atoms with Crippen molar-refractivity contribution in [2.45, 2.75) is 30.7 Å². The molecule has 1 saturated heterocycles. The summed E-state index contributed by atoms with van der Waals surface area (Å²) in [6.45, 7) is -0.654. The number of aliphatic hydroxyl groups excluding tert-OH is 4. The number of phenols is 1. The second kappa shape index (κ2) is 10.2. The smallest absolute Gasteiger partial charge is 0.229 e. The van der Waals surface area contributed by atoms with E-state index in [1.54, 1.807) is 18.2 Å². The number of ether oxygens (including phenoxy) is 5. The van der Waals surface area contributed by atoms with Crippen LogP contribution in [-0.2, 0) is 4.74 Å². The first-order chi connectivity index (χ1) is 17.2.